The van der Waals surface area contributed by atoms with Crippen molar-refractivity contribution in [2.75, 3.05) is 11.9 Å². The number of esters is 1. The van der Waals surface area contributed by atoms with Gasteiger partial charge in [-0.05, 0) is 41.8 Å². The standard InChI is InChI=1S/C17H14N2O5S2/c18-26(22,23)13-7-5-12(6-8-13)19-16(20)10-24-17(21)15-9-11-3-1-2-4-14(11)25-15/h1-9H,10H2,(H,19,20)(H2,18,22,23). The van der Waals surface area contributed by atoms with Crippen LogP contribution in [-0.2, 0) is 19.6 Å². The number of anilines is 1. The summed E-state index contributed by atoms with van der Waals surface area (Å²) in [6.45, 7) is -0.454. The molecule has 7 nitrogen and oxygen atoms in total. The van der Waals surface area contributed by atoms with Crippen molar-refractivity contribution in [1.82, 2.24) is 0 Å². The van der Waals surface area contributed by atoms with Crippen LogP contribution in [0.25, 0.3) is 10.1 Å². The highest BCUT2D eigenvalue weighted by Gasteiger charge is 2.14. The van der Waals surface area contributed by atoms with Gasteiger partial charge in [-0.1, -0.05) is 18.2 Å². The van der Waals surface area contributed by atoms with E-state index in [1.807, 2.05) is 24.3 Å². The first-order valence-corrected chi connectivity index (χ1v) is 9.77. The minimum absolute atomic E-state index is 0.0633. The number of hydrogen-bond acceptors (Lipinski definition) is 6. The minimum Gasteiger partial charge on any atom is -0.451 e. The van der Waals surface area contributed by atoms with E-state index >= 15 is 0 Å². The van der Waals surface area contributed by atoms with E-state index in [4.69, 9.17) is 9.88 Å². The normalized spacial score (nSPS) is 11.3. The summed E-state index contributed by atoms with van der Waals surface area (Å²) in [7, 11) is -3.79. The third-order valence-corrected chi connectivity index (χ3v) is 5.45. The minimum atomic E-state index is -3.79. The van der Waals surface area contributed by atoms with E-state index in [9.17, 15) is 18.0 Å². The molecule has 1 heterocycles. The summed E-state index contributed by atoms with van der Waals surface area (Å²) in [5.74, 6) is -1.12. The lowest BCUT2D eigenvalue weighted by molar-refractivity contribution is -0.119. The molecule has 26 heavy (non-hydrogen) atoms. The molecule has 0 saturated carbocycles. The largest absolute Gasteiger partial charge is 0.451 e. The Morgan fingerprint density at radius 1 is 1.08 bits per heavy atom. The van der Waals surface area contributed by atoms with Crippen LogP contribution in [0, 0.1) is 0 Å². The molecule has 0 aliphatic rings. The number of carbonyl (C=O) groups is 2. The molecule has 0 spiro atoms. The van der Waals surface area contributed by atoms with Gasteiger partial charge in [0.15, 0.2) is 6.61 Å². The van der Waals surface area contributed by atoms with Crippen molar-refractivity contribution in [1.29, 1.82) is 0 Å². The Hall–Kier alpha value is -2.75. The van der Waals surface area contributed by atoms with Gasteiger partial charge in [-0.2, -0.15) is 0 Å². The smallest absolute Gasteiger partial charge is 0.348 e. The first-order valence-electron chi connectivity index (χ1n) is 7.41. The van der Waals surface area contributed by atoms with Gasteiger partial charge < -0.3 is 10.1 Å². The van der Waals surface area contributed by atoms with Gasteiger partial charge in [0.25, 0.3) is 5.91 Å². The third kappa shape index (κ3) is 4.26. The lowest BCUT2D eigenvalue weighted by atomic mass is 10.2. The molecule has 1 aromatic heterocycles. The van der Waals surface area contributed by atoms with Crippen molar-refractivity contribution in [3.63, 3.8) is 0 Å². The summed E-state index contributed by atoms with van der Waals surface area (Å²) >= 11 is 1.29. The second-order valence-electron chi connectivity index (χ2n) is 5.34. The quantitative estimate of drug-likeness (QED) is 0.649. The number of benzene rings is 2. The number of carbonyl (C=O) groups excluding carboxylic acids is 2. The van der Waals surface area contributed by atoms with Crippen molar-refractivity contribution in [2.45, 2.75) is 4.90 Å². The summed E-state index contributed by atoms with van der Waals surface area (Å²) in [6.07, 6.45) is 0. The molecule has 9 heteroatoms. The summed E-state index contributed by atoms with van der Waals surface area (Å²) in [5, 5.41) is 8.44. The van der Waals surface area contributed by atoms with Crippen LogP contribution in [0.2, 0.25) is 0 Å². The van der Waals surface area contributed by atoms with E-state index in [0.717, 1.165) is 10.1 Å². The number of sulfonamides is 1. The van der Waals surface area contributed by atoms with Gasteiger partial charge in [-0.3, -0.25) is 4.79 Å². The fourth-order valence-electron chi connectivity index (χ4n) is 2.21. The maximum absolute atomic E-state index is 12.1. The highest BCUT2D eigenvalue weighted by Crippen LogP contribution is 2.25. The summed E-state index contributed by atoms with van der Waals surface area (Å²) in [6, 6.07) is 14.6. The van der Waals surface area contributed by atoms with Crippen molar-refractivity contribution in [3.05, 3.63) is 59.5 Å². The molecule has 0 fully saturated rings. The third-order valence-electron chi connectivity index (χ3n) is 3.43. The van der Waals surface area contributed by atoms with Crippen molar-refractivity contribution in [3.8, 4) is 0 Å². The van der Waals surface area contributed by atoms with Crippen molar-refractivity contribution >= 4 is 49.0 Å². The molecule has 0 atom stereocenters. The molecular formula is C17H14N2O5S2. The van der Waals surface area contributed by atoms with Gasteiger partial charge >= 0.3 is 5.97 Å². The molecule has 3 N–H and O–H groups in total. The number of amides is 1. The number of hydrogen-bond donors (Lipinski definition) is 2. The van der Waals surface area contributed by atoms with Crippen LogP contribution in [0.3, 0.4) is 0 Å². The molecular weight excluding hydrogens is 376 g/mol. The average molecular weight is 390 g/mol. The number of ether oxygens (including phenoxy) is 1. The number of fused-ring (bicyclic) bond motifs is 1. The second kappa shape index (κ2) is 7.24. The predicted octanol–water partition coefficient (Wildman–Crippen LogP) is 2.34. The molecule has 1 amide bonds. The molecule has 0 aliphatic carbocycles. The van der Waals surface area contributed by atoms with E-state index in [2.05, 4.69) is 5.32 Å². The lowest BCUT2D eigenvalue weighted by Crippen LogP contribution is -2.20. The fraction of sp³-hybridized carbons (Fsp3) is 0.0588. The van der Waals surface area contributed by atoms with Crippen LogP contribution in [0.5, 0.6) is 0 Å². The lowest BCUT2D eigenvalue weighted by Gasteiger charge is -2.06. The van der Waals surface area contributed by atoms with E-state index in [-0.39, 0.29) is 4.90 Å². The van der Waals surface area contributed by atoms with Gasteiger partial charge in [-0.25, -0.2) is 18.4 Å². The Morgan fingerprint density at radius 3 is 2.42 bits per heavy atom. The predicted molar refractivity (Wildman–Crippen MR) is 98.6 cm³/mol. The summed E-state index contributed by atoms with van der Waals surface area (Å²) in [5.41, 5.74) is 0.361. The highest BCUT2D eigenvalue weighted by atomic mass is 32.2. The zero-order chi connectivity index (χ0) is 18.7. The van der Waals surface area contributed by atoms with Crippen LogP contribution in [-0.4, -0.2) is 26.9 Å². The van der Waals surface area contributed by atoms with Gasteiger partial charge in [-0.15, -0.1) is 11.3 Å². The number of rotatable bonds is 5. The highest BCUT2D eigenvalue weighted by molar-refractivity contribution is 7.89. The first kappa shape index (κ1) is 18.1. The zero-order valence-electron chi connectivity index (χ0n) is 13.3. The van der Waals surface area contributed by atoms with Crippen LogP contribution in [0.4, 0.5) is 5.69 Å². The number of nitrogens with two attached hydrogens (primary N) is 1. The molecule has 0 bridgehead atoms. The Labute approximate surface area is 153 Å². The molecule has 0 unspecified atom stereocenters. The molecule has 2 aromatic carbocycles. The van der Waals surface area contributed by atoms with E-state index in [0.29, 0.717) is 10.6 Å². The first-order chi connectivity index (χ1) is 12.3. The van der Waals surface area contributed by atoms with Crippen molar-refractivity contribution in [2.24, 2.45) is 5.14 Å². The molecule has 0 radical (unpaired) electrons. The van der Waals surface area contributed by atoms with Crippen LogP contribution in [0.1, 0.15) is 9.67 Å². The van der Waals surface area contributed by atoms with E-state index in [1.54, 1.807) is 6.07 Å². The van der Waals surface area contributed by atoms with Crippen molar-refractivity contribution < 1.29 is 22.7 Å². The maximum atomic E-state index is 12.1. The SMILES string of the molecule is NS(=O)(=O)c1ccc(NC(=O)COC(=O)c2cc3ccccc3s2)cc1. The molecule has 0 aliphatic heterocycles. The Kier molecular flexibility index (Phi) is 5.03. The zero-order valence-corrected chi connectivity index (χ0v) is 15.0. The average Bonchev–Trinajstić information content (AvgIpc) is 3.03. The Morgan fingerprint density at radius 2 is 1.77 bits per heavy atom. The number of thiophene rings is 1. The molecule has 0 saturated heterocycles. The summed E-state index contributed by atoms with van der Waals surface area (Å²) < 4.78 is 28.3. The summed E-state index contributed by atoms with van der Waals surface area (Å²) in [4.78, 5) is 24.3. The number of primary sulfonamides is 1. The molecule has 3 rings (SSSR count). The van der Waals surface area contributed by atoms with Crippen LogP contribution < -0.4 is 10.5 Å². The Balaban J connectivity index is 1.57. The number of nitrogens with one attached hydrogen (secondary N) is 1. The van der Waals surface area contributed by atoms with Gasteiger partial charge in [0.2, 0.25) is 10.0 Å². The van der Waals surface area contributed by atoms with E-state index in [1.165, 1.54) is 35.6 Å². The van der Waals surface area contributed by atoms with Crippen LogP contribution >= 0.6 is 11.3 Å². The van der Waals surface area contributed by atoms with Gasteiger partial charge in [0.05, 0.1) is 4.90 Å². The second-order valence-corrected chi connectivity index (χ2v) is 7.99. The maximum Gasteiger partial charge on any atom is 0.348 e. The molecule has 3 aromatic rings. The molecule has 134 valence electrons. The topological polar surface area (TPSA) is 116 Å². The van der Waals surface area contributed by atoms with Gasteiger partial charge in [0, 0.05) is 10.4 Å². The monoisotopic (exact) mass is 390 g/mol. The fourth-order valence-corrected chi connectivity index (χ4v) is 3.68. The van der Waals surface area contributed by atoms with E-state index < -0.39 is 28.5 Å². The van der Waals surface area contributed by atoms with Crippen LogP contribution in [0.15, 0.2) is 59.5 Å². The Bertz CT molecular complexity index is 1040. The van der Waals surface area contributed by atoms with Gasteiger partial charge in [0.1, 0.15) is 4.88 Å².